The van der Waals surface area contributed by atoms with Crippen molar-refractivity contribution in [2.24, 2.45) is 5.92 Å². The van der Waals surface area contributed by atoms with E-state index in [1.807, 2.05) is 24.3 Å². The average molecular weight is 404 g/mol. The second kappa shape index (κ2) is 7.52. The third-order valence-corrected chi connectivity index (χ3v) is 7.14. The van der Waals surface area contributed by atoms with E-state index in [4.69, 9.17) is 4.74 Å². The van der Waals surface area contributed by atoms with Crippen molar-refractivity contribution in [3.05, 3.63) is 59.9 Å². The molecule has 6 nitrogen and oxygen atoms in total. The number of para-hydroxylation sites is 1. The van der Waals surface area contributed by atoms with Crippen LogP contribution in [-0.4, -0.2) is 56.3 Å². The van der Waals surface area contributed by atoms with Crippen LogP contribution in [0.15, 0.2) is 53.4 Å². The first kappa shape index (κ1) is 18.9. The molecule has 0 aliphatic carbocycles. The van der Waals surface area contributed by atoms with Crippen LogP contribution in [0.1, 0.15) is 5.56 Å². The van der Waals surface area contributed by atoms with Crippen LogP contribution >= 0.6 is 0 Å². The van der Waals surface area contributed by atoms with E-state index < -0.39 is 15.8 Å². The molecule has 4 rings (SSSR count). The van der Waals surface area contributed by atoms with Crippen LogP contribution in [0, 0.1) is 11.7 Å². The van der Waals surface area contributed by atoms with E-state index in [-0.39, 0.29) is 29.8 Å². The fraction of sp³-hybridized carbons (Fsp3) is 0.350. The van der Waals surface area contributed by atoms with Crippen molar-refractivity contribution in [2.45, 2.75) is 11.3 Å². The first-order valence-corrected chi connectivity index (χ1v) is 10.6. The van der Waals surface area contributed by atoms with Crippen LogP contribution < -0.4 is 4.74 Å². The minimum atomic E-state index is -3.69. The summed E-state index contributed by atoms with van der Waals surface area (Å²) >= 11 is 0. The van der Waals surface area contributed by atoms with Crippen molar-refractivity contribution in [2.75, 3.05) is 32.8 Å². The van der Waals surface area contributed by atoms with Gasteiger partial charge in [0.25, 0.3) is 0 Å². The largest absolute Gasteiger partial charge is 0.492 e. The normalized spacial score (nSPS) is 20.3. The number of amides is 1. The van der Waals surface area contributed by atoms with Gasteiger partial charge in [-0.2, -0.15) is 4.31 Å². The van der Waals surface area contributed by atoms with E-state index in [1.165, 1.54) is 16.4 Å². The molecule has 0 saturated carbocycles. The molecule has 0 aromatic heterocycles. The summed E-state index contributed by atoms with van der Waals surface area (Å²) in [4.78, 5) is 14.6. The minimum Gasteiger partial charge on any atom is -0.492 e. The minimum absolute atomic E-state index is 0.00617. The average Bonchev–Trinajstić information content (AvgIpc) is 2.73. The Bertz CT molecular complexity index is 970. The van der Waals surface area contributed by atoms with Gasteiger partial charge in [0.2, 0.25) is 15.9 Å². The number of fused-ring (bicyclic) bond motifs is 1. The summed E-state index contributed by atoms with van der Waals surface area (Å²) in [6.07, 6.45) is 0.628. The number of halogens is 1. The van der Waals surface area contributed by atoms with E-state index >= 15 is 0 Å². The Morgan fingerprint density at radius 2 is 1.68 bits per heavy atom. The number of rotatable bonds is 3. The van der Waals surface area contributed by atoms with E-state index in [0.717, 1.165) is 23.4 Å². The summed E-state index contributed by atoms with van der Waals surface area (Å²) in [5, 5.41) is 0. The highest BCUT2D eigenvalue weighted by Gasteiger charge is 2.34. The Hall–Kier alpha value is -2.45. The molecule has 8 heteroatoms. The zero-order chi connectivity index (χ0) is 19.7. The molecule has 2 aromatic rings. The highest BCUT2D eigenvalue weighted by Crippen LogP contribution is 2.28. The van der Waals surface area contributed by atoms with Gasteiger partial charge in [-0.1, -0.05) is 18.2 Å². The number of piperazine rings is 1. The first-order valence-electron chi connectivity index (χ1n) is 9.20. The zero-order valence-corrected chi connectivity index (χ0v) is 16.1. The maximum atomic E-state index is 13.1. The first-order chi connectivity index (χ1) is 13.4. The lowest BCUT2D eigenvalue weighted by molar-refractivity contribution is -0.138. The lowest BCUT2D eigenvalue weighted by atomic mass is 9.95. The third-order valence-electron chi connectivity index (χ3n) is 5.23. The summed E-state index contributed by atoms with van der Waals surface area (Å²) in [5.74, 6) is 0.0795. The van der Waals surface area contributed by atoms with E-state index in [2.05, 4.69) is 0 Å². The second-order valence-electron chi connectivity index (χ2n) is 7.00. The van der Waals surface area contributed by atoms with Crippen LogP contribution in [0.5, 0.6) is 5.75 Å². The topological polar surface area (TPSA) is 66.9 Å². The molecule has 0 N–H and O–H groups in total. The molecule has 1 atom stereocenters. The van der Waals surface area contributed by atoms with Gasteiger partial charge in [-0.05, 0) is 42.3 Å². The fourth-order valence-electron chi connectivity index (χ4n) is 3.65. The van der Waals surface area contributed by atoms with Crippen LogP contribution in [-0.2, 0) is 21.2 Å². The molecule has 1 fully saturated rings. The Morgan fingerprint density at radius 1 is 1.00 bits per heavy atom. The number of ether oxygens (including phenoxy) is 1. The van der Waals surface area contributed by atoms with Crippen LogP contribution in [0.4, 0.5) is 4.39 Å². The third kappa shape index (κ3) is 3.62. The Labute approximate surface area is 163 Å². The smallest absolute Gasteiger partial charge is 0.243 e. The Balaban J connectivity index is 1.39. The number of hydrogen-bond donors (Lipinski definition) is 0. The molecule has 2 aliphatic rings. The number of carbonyl (C=O) groups is 1. The van der Waals surface area contributed by atoms with Gasteiger partial charge in [-0.3, -0.25) is 4.79 Å². The predicted octanol–water partition coefficient (Wildman–Crippen LogP) is 1.91. The quantitative estimate of drug-likeness (QED) is 0.784. The predicted molar refractivity (Wildman–Crippen MR) is 101 cm³/mol. The summed E-state index contributed by atoms with van der Waals surface area (Å²) in [7, 11) is -3.69. The number of nitrogens with zero attached hydrogens (tertiary/aromatic N) is 2. The van der Waals surface area contributed by atoms with Crippen LogP contribution in [0.25, 0.3) is 0 Å². The van der Waals surface area contributed by atoms with Gasteiger partial charge in [-0.25, -0.2) is 12.8 Å². The molecule has 2 aromatic carbocycles. The van der Waals surface area contributed by atoms with Gasteiger partial charge in [0.15, 0.2) is 0 Å². The van der Waals surface area contributed by atoms with Gasteiger partial charge in [0, 0.05) is 26.2 Å². The van der Waals surface area contributed by atoms with E-state index in [1.54, 1.807) is 4.90 Å². The van der Waals surface area contributed by atoms with E-state index in [9.17, 15) is 17.6 Å². The Morgan fingerprint density at radius 3 is 2.39 bits per heavy atom. The highest BCUT2D eigenvalue weighted by molar-refractivity contribution is 7.89. The lowest BCUT2D eigenvalue weighted by Gasteiger charge is -2.36. The molecule has 2 heterocycles. The molecule has 148 valence electrons. The van der Waals surface area contributed by atoms with Gasteiger partial charge in [-0.15, -0.1) is 0 Å². The Kier molecular flexibility index (Phi) is 5.07. The van der Waals surface area contributed by atoms with Crippen LogP contribution in [0.3, 0.4) is 0 Å². The molecule has 28 heavy (non-hydrogen) atoms. The summed E-state index contributed by atoms with van der Waals surface area (Å²) in [6, 6.07) is 12.5. The monoisotopic (exact) mass is 404 g/mol. The zero-order valence-electron chi connectivity index (χ0n) is 15.3. The SMILES string of the molecule is O=C([C@H]1COc2ccccc2C1)N1CCN(S(=O)(=O)c2ccc(F)cc2)CC1. The van der Waals surface area contributed by atoms with Gasteiger partial charge in [0.05, 0.1) is 10.8 Å². The van der Waals surface area contributed by atoms with Crippen molar-refractivity contribution >= 4 is 15.9 Å². The standard InChI is InChI=1S/C20H21FN2O4S/c21-17-5-7-18(8-6-17)28(25,26)23-11-9-22(10-12-23)20(24)16-13-15-3-1-2-4-19(15)27-14-16/h1-8,16H,9-14H2/t16-/m1/s1. The van der Waals surface area contributed by atoms with Gasteiger partial charge in [0.1, 0.15) is 18.2 Å². The number of benzene rings is 2. The molecule has 1 saturated heterocycles. The van der Waals surface area contributed by atoms with Crippen LogP contribution in [0.2, 0.25) is 0 Å². The molecule has 0 unspecified atom stereocenters. The molecule has 2 aliphatic heterocycles. The van der Waals surface area contributed by atoms with Gasteiger partial charge < -0.3 is 9.64 Å². The van der Waals surface area contributed by atoms with Crippen molar-refractivity contribution < 1.29 is 22.3 Å². The molecular weight excluding hydrogens is 383 g/mol. The summed E-state index contributed by atoms with van der Waals surface area (Å²) in [6.45, 7) is 1.43. The number of hydrogen-bond acceptors (Lipinski definition) is 4. The maximum Gasteiger partial charge on any atom is 0.243 e. The summed E-state index contributed by atoms with van der Waals surface area (Å²) in [5.41, 5.74) is 1.02. The molecule has 0 bridgehead atoms. The molecular formula is C20H21FN2O4S. The summed E-state index contributed by atoms with van der Waals surface area (Å²) < 4.78 is 45.5. The highest BCUT2D eigenvalue weighted by atomic mass is 32.2. The van der Waals surface area contributed by atoms with Crippen molar-refractivity contribution in [1.82, 2.24) is 9.21 Å². The van der Waals surface area contributed by atoms with Gasteiger partial charge >= 0.3 is 0 Å². The number of carbonyl (C=O) groups excluding carboxylic acids is 1. The number of sulfonamides is 1. The van der Waals surface area contributed by atoms with Crippen molar-refractivity contribution in [3.63, 3.8) is 0 Å². The lowest BCUT2D eigenvalue weighted by Crippen LogP contribution is -2.52. The maximum absolute atomic E-state index is 13.1. The fourth-order valence-corrected chi connectivity index (χ4v) is 5.07. The molecule has 0 radical (unpaired) electrons. The molecule has 1 amide bonds. The second-order valence-corrected chi connectivity index (χ2v) is 8.94. The van der Waals surface area contributed by atoms with Crippen molar-refractivity contribution in [3.8, 4) is 5.75 Å². The molecule has 0 spiro atoms. The van der Waals surface area contributed by atoms with E-state index in [0.29, 0.717) is 26.1 Å². The van der Waals surface area contributed by atoms with Crippen molar-refractivity contribution in [1.29, 1.82) is 0 Å².